The number of halogens is 5. The van der Waals surface area contributed by atoms with Gasteiger partial charge in [-0.2, -0.15) is 0 Å². The van der Waals surface area contributed by atoms with Crippen molar-refractivity contribution >= 4 is 81.4 Å². The Balaban J connectivity index is 1.77. The van der Waals surface area contributed by atoms with Crippen LogP contribution in [-0.2, 0) is 9.59 Å². The molecule has 0 unspecified atom stereocenters. The summed E-state index contributed by atoms with van der Waals surface area (Å²) in [5.41, 5.74) is 5.37. The summed E-state index contributed by atoms with van der Waals surface area (Å²) in [6.07, 6.45) is 0. The molecule has 158 valence electrons. The van der Waals surface area contributed by atoms with Crippen molar-refractivity contribution < 1.29 is 14.4 Å². The third-order valence-corrected chi connectivity index (χ3v) is 6.12. The van der Waals surface area contributed by atoms with E-state index in [1.165, 1.54) is 25.1 Å². The first-order chi connectivity index (χ1) is 14.0. The predicted octanol–water partition coefficient (Wildman–Crippen LogP) is 4.95. The summed E-state index contributed by atoms with van der Waals surface area (Å²) in [7, 11) is 0. The molecule has 2 aromatic carbocycles. The van der Waals surface area contributed by atoms with E-state index in [1.807, 2.05) is 0 Å². The third-order valence-electron chi connectivity index (χ3n) is 4.41. The number of hydrogen-bond acceptors (Lipinski definition) is 3. The number of rotatable bonds is 4. The van der Waals surface area contributed by atoms with Crippen molar-refractivity contribution in [2.75, 3.05) is 5.32 Å². The van der Waals surface area contributed by atoms with E-state index in [4.69, 9.17) is 58.0 Å². The van der Waals surface area contributed by atoms with E-state index in [0.717, 1.165) is 0 Å². The van der Waals surface area contributed by atoms with Crippen LogP contribution in [0.25, 0.3) is 0 Å². The molecule has 0 bridgehead atoms. The second-order valence-corrected chi connectivity index (χ2v) is 9.38. The van der Waals surface area contributed by atoms with Crippen LogP contribution in [-0.4, -0.2) is 22.1 Å². The zero-order valence-electron chi connectivity index (χ0n) is 15.2. The number of benzene rings is 2. The summed E-state index contributed by atoms with van der Waals surface area (Å²) in [6, 6.07) is 9.20. The van der Waals surface area contributed by atoms with Crippen LogP contribution in [0.1, 0.15) is 28.8 Å². The predicted molar refractivity (Wildman–Crippen MR) is 118 cm³/mol. The molecule has 3 rings (SSSR count). The monoisotopic (exact) mass is 507 g/mol. The molecule has 2 aromatic rings. The van der Waals surface area contributed by atoms with Crippen molar-refractivity contribution in [3.63, 3.8) is 0 Å². The number of hydrogen-bond donors (Lipinski definition) is 3. The van der Waals surface area contributed by atoms with Crippen LogP contribution >= 0.6 is 58.0 Å². The van der Waals surface area contributed by atoms with Gasteiger partial charge in [0.25, 0.3) is 5.91 Å². The van der Waals surface area contributed by atoms with Crippen molar-refractivity contribution in [3.8, 4) is 0 Å². The standard InChI is InChI=1S/C19H14Cl5N3O3/c1-8(28)26-27-17(29)13-7-12(2-3-14(13)22)25-18(30)16-15(19(16,23)24)9-4-10(20)6-11(21)5-9/h2-7,15-16H,1H3,(H,25,30)(H,26,28)(H,27,29)/t15-,16+/m0/s1. The highest BCUT2D eigenvalue weighted by atomic mass is 35.5. The van der Waals surface area contributed by atoms with E-state index in [2.05, 4.69) is 16.2 Å². The Morgan fingerprint density at radius 1 is 0.933 bits per heavy atom. The molecule has 3 amide bonds. The summed E-state index contributed by atoms with van der Waals surface area (Å²) in [4.78, 5) is 35.9. The van der Waals surface area contributed by atoms with Crippen LogP contribution < -0.4 is 16.2 Å². The minimum absolute atomic E-state index is 0.0557. The maximum absolute atomic E-state index is 12.8. The van der Waals surface area contributed by atoms with Crippen LogP contribution in [0.5, 0.6) is 0 Å². The van der Waals surface area contributed by atoms with Crippen molar-refractivity contribution in [2.24, 2.45) is 5.92 Å². The molecular formula is C19H14Cl5N3O3. The SMILES string of the molecule is CC(=O)NNC(=O)c1cc(NC(=O)[C@H]2[C@H](c3cc(Cl)cc(Cl)c3)C2(Cl)Cl)ccc1Cl. The van der Waals surface area contributed by atoms with E-state index < -0.39 is 33.9 Å². The van der Waals surface area contributed by atoms with Gasteiger partial charge in [-0.05, 0) is 42.0 Å². The number of carbonyl (C=O) groups excluding carboxylic acids is 3. The molecule has 2 atom stereocenters. The molecule has 1 fully saturated rings. The minimum Gasteiger partial charge on any atom is -0.326 e. The van der Waals surface area contributed by atoms with Crippen LogP contribution in [0.4, 0.5) is 5.69 Å². The molecule has 0 saturated heterocycles. The molecule has 0 aliphatic heterocycles. The van der Waals surface area contributed by atoms with E-state index in [0.29, 0.717) is 21.3 Å². The van der Waals surface area contributed by atoms with Gasteiger partial charge in [-0.25, -0.2) is 0 Å². The topological polar surface area (TPSA) is 87.3 Å². The van der Waals surface area contributed by atoms with Gasteiger partial charge in [0.1, 0.15) is 4.33 Å². The molecule has 1 aliphatic carbocycles. The molecule has 6 nitrogen and oxygen atoms in total. The lowest BCUT2D eigenvalue weighted by atomic mass is 10.1. The molecule has 1 aliphatic rings. The molecule has 1 saturated carbocycles. The highest BCUT2D eigenvalue weighted by Gasteiger charge is 2.67. The van der Waals surface area contributed by atoms with Crippen molar-refractivity contribution in [1.82, 2.24) is 10.9 Å². The first-order valence-electron chi connectivity index (χ1n) is 8.52. The average Bonchev–Trinajstić information content (AvgIpc) is 3.22. The normalized spacial score (nSPS) is 19.0. The number of carbonyl (C=O) groups is 3. The van der Waals surface area contributed by atoms with Gasteiger partial charge in [0.05, 0.1) is 16.5 Å². The van der Waals surface area contributed by atoms with Gasteiger partial charge in [0.2, 0.25) is 11.8 Å². The molecule has 11 heteroatoms. The zero-order chi connectivity index (χ0) is 22.2. The van der Waals surface area contributed by atoms with Gasteiger partial charge < -0.3 is 5.32 Å². The van der Waals surface area contributed by atoms with Gasteiger partial charge in [-0.15, -0.1) is 23.2 Å². The van der Waals surface area contributed by atoms with Gasteiger partial charge in [0.15, 0.2) is 0 Å². The molecule has 30 heavy (non-hydrogen) atoms. The number of alkyl halides is 2. The molecule has 0 spiro atoms. The van der Waals surface area contributed by atoms with Crippen LogP contribution in [0, 0.1) is 5.92 Å². The largest absolute Gasteiger partial charge is 0.326 e. The van der Waals surface area contributed by atoms with Crippen LogP contribution in [0.2, 0.25) is 15.1 Å². The Morgan fingerprint density at radius 3 is 2.17 bits per heavy atom. The van der Waals surface area contributed by atoms with E-state index >= 15 is 0 Å². The van der Waals surface area contributed by atoms with E-state index in [1.54, 1.807) is 18.2 Å². The lowest BCUT2D eigenvalue weighted by Gasteiger charge is -2.10. The second kappa shape index (κ2) is 8.81. The summed E-state index contributed by atoms with van der Waals surface area (Å²) in [5.74, 6) is -2.82. The number of hydrazine groups is 1. The Labute approximate surface area is 197 Å². The molecule has 0 radical (unpaired) electrons. The van der Waals surface area contributed by atoms with Gasteiger partial charge in [0, 0.05) is 28.6 Å². The number of anilines is 1. The quantitative estimate of drug-likeness (QED) is 0.403. The van der Waals surface area contributed by atoms with Gasteiger partial charge in [-0.1, -0.05) is 34.8 Å². The minimum atomic E-state index is -1.34. The first kappa shape index (κ1) is 23.0. The number of nitrogens with one attached hydrogen (secondary N) is 3. The fourth-order valence-corrected chi connectivity index (χ4v) is 4.61. The molecule has 0 heterocycles. The maximum Gasteiger partial charge on any atom is 0.271 e. The summed E-state index contributed by atoms with van der Waals surface area (Å²) < 4.78 is -1.34. The summed E-state index contributed by atoms with van der Waals surface area (Å²) in [6.45, 7) is 1.24. The van der Waals surface area contributed by atoms with Crippen molar-refractivity contribution in [3.05, 3.63) is 62.6 Å². The van der Waals surface area contributed by atoms with Crippen LogP contribution in [0.15, 0.2) is 36.4 Å². The maximum atomic E-state index is 12.8. The summed E-state index contributed by atoms with van der Waals surface area (Å²) in [5, 5.41) is 3.62. The molecule has 3 N–H and O–H groups in total. The van der Waals surface area contributed by atoms with Gasteiger partial charge in [-0.3, -0.25) is 25.2 Å². The lowest BCUT2D eigenvalue weighted by molar-refractivity contribution is -0.119. The Morgan fingerprint density at radius 2 is 1.57 bits per heavy atom. The average molecular weight is 510 g/mol. The third kappa shape index (κ3) is 4.95. The van der Waals surface area contributed by atoms with Crippen LogP contribution in [0.3, 0.4) is 0 Å². The highest BCUT2D eigenvalue weighted by Crippen LogP contribution is 2.65. The fraction of sp³-hybridized carbons (Fsp3) is 0.211. The molecular weight excluding hydrogens is 495 g/mol. The Kier molecular flexibility index (Phi) is 6.75. The van der Waals surface area contributed by atoms with E-state index in [9.17, 15) is 14.4 Å². The summed E-state index contributed by atoms with van der Waals surface area (Å²) >= 11 is 30.8. The Hall–Kier alpha value is -1.70. The van der Waals surface area contributed by atoms with Crippen molar-refractivity contribution in [2.45, 2.75) is 17.2 Å². The van der Waals surface area contributed by atoms with E-state index in [-0.39, 0.29) is 10.6 Å². The number of amides is 3. The van der Waals surface area contributed by atoms with Crippen molar-refractivity contribution in [1.29, 1.82) is 0 Å². The second-order valence-electron chi connectivity index (χ2n) is 6.65. The first-order valence-corrected chi connectivity index (χ1v) is 10.4. The smallest absolute Gasteiger partial charge is 0.271 e. The molecule has 0 aromatic heterocycles. The zero-order valence-corrected chi connectivity index (χ0v) is 19.0. The highest BCUT2D eigenvalue weighted by molar-refractivity contribution is 6.53. The Bertz CT molecular complexity index is 1020. The lowest BCUT2D eigenvalue weighted by Crippen LogP contribution is -2.40. The fourth-order valence-electron chi connectivity index (χ4n) is 3.03. The van der Waals surface area contributed by atoms with Gasteiger partial charge >= 0.3 is 0 Å².